The molecule has 2 nitrogen and oxygen atoms in total. The van der Waals surface area contributed by atoms with Crippen molar-refractivity contribution in [3.63, 3.8) is 0 Å². The van der Waals surface area contributed by atoms with Crippen molar-refractivity contribution in [3.05, 3.63) is 277 Å². The average molecular weight is 937 g/mol. The van der Waals surface area contributed by atoms with Gasteiger partial charge in [0.2, 0.25) is 0 Å². The Morgan fingerprint density at radius 1 is 0.205 bits per heavy atom. The Balaban J connectivity index is 1.02. The maximum absolute atomic E-state index is 2.48. The number of nitrogens with zero attached hydrogens (tertiary/aromatic N) is 2. The average Bonchev–Trinajstić information content (AvgIpc) is 3.43. The second-order valence-electron chi connectivity index (χ2n) is 19.7. The molecule has 0 aromatic heterocycles. The van der Waals surface area contributed by atoms with E-state index in [1.54, 1.807) is 0 Å². The Kier molecular flexibility index (Phi) is 11.7. The summed E-state index contributed by atoms with van der Waals surface area (Å²) in [4.78, 5) is 4.96. The van der Waals surface area contributed by atoms with Gasteiger partial charge >= 0.3 is 0 Å². The molecule has 0 amide bonds. The van der Waals surface area contributed by atoms with Gasteiger partial charge in [0.1, 0.15) is 0 Å². The van der Waals surface area contributed by atoms with Crippen molar-refractivity contribution in [3.8, 4) is 44.5 Å². The van der Waals surface area contributed by atoms with Crippen LogP contribution in [0, 0.1) is 34.6 Å². The molecule has 73 heavy (non-hydrogen) atoms. The van der Waals surface area contributed by atoms with E-state index in [9.17, 15) is 0 Å². The van der Waals surface area contributed by atoms with Gasteiger partial charge in [0.25, 0.3) is 0 Å². The predicted molar refractivity (Wildman–Crippen MR) is 314 cm³/mol. The lowest BCUT2D eigenvalue weighted by atomic mass is 9.92. The van der Waals surface area contributed by atoms with E-state index in [0.717, 1.165) is 34.1 Å². The van der Waals surface area contributed by atoms with Gasteiger partial charge in [0, 0.05) is 33.5 Å². The summed E-state index contributed by atoms with van der Waals surface area (Å²) in [6.45, 7) is 11.0. The molecule has 12 aromatic rings. The van der Waals surface area contributed by atoms with Crippen LogP contribution in [0.2, 0.25) is 0 Å². The molecule has 2 heteroatoms. The summed E-state index contributed by atoms with van der Waals surface area (Å²) in [5.41, 5.74) is 22.6. The first kappa shape index (κ1) is 45.2. The molecule has 0 radical (unpaired) electrons. The maximum atomic E-state index is 2.48. The number of hydrogen-bond acceptors (Lipinski definition) is 2. The normalized spacial score (nSPS) is 11.4. The van der Waals surface area contributed by atoms with Gasteiger partial charge in [-0.1, -0.05) is 217 Å². The molecule has 0 aliphatic heterocycles. The van der Waals surface area contributed by atoms with E-state index in [1.807, 2.05) is 0 Å². The lowest BCUT2D eigenvalue weighted by molar-refractivity contribution is 1.25. The third-order valence-corrected chi connectivity index (χ3v) is 14.7. The number of rotatable bonds is 10. The van der Waals surface area contributed by atoms with Crippen LogP contribution in [0.25, 0.3) is 76.8 Å². The van der Waals surface area contributed by atoms with Gasteiger partial charge in [0.05, 0.1) is 11.4 Å². The van der Waals surface area contributed by atoms with Gasteiger partial charge < -0.3 is 9.80 Å². The van der Waals surface area contributed by atoms with Crippen molar-refractivity contribution in [2.75, 3.05) is 9.80 Å². The summed E-state index contributed by atoms with van der Waals surface area (Å²) in [5, 5.41) is 7.25. The lowest BCUT2D eigenvalue weighted by Gasteiger charge is -2.31. The third kappa shape index (κ3) is 8.62. The van der Waals surface area contributed by atoms with Gasteiger partial charge in [0.15, 0.2) is 0 Å². The predicted octanol–water partition coefficient (Wildman–Crippen LogP) is 20.3. The van der Waals surface area contributed by atoms with Gasteiger partial charge in [-0.25, -0.2) is 0 Å². The molecule has 0 N–H and O–H groups in total. The molecule has 0 saturated carbocycles. The molecule has 0 heterocycles. The molecule has 0 spiro atoms. The van der Waals surface area contributed by atoms with Crippen LogP contribution in [-0.2, 0) is 0 Å². The van der Waals surface area contributed by atoms with Crippen LogP contribution in [0.1, 0.15) is 27.8 Å². The number of aryl methyl sites for hydroxylation is 5. The zero-order valence-corrected chi connectivity index (χ0v) is 42.1. The minimum atomic E-state index is 1.11. The van der Waals surface area contributed by atoms with Crippen LogP contribution in [0.5, 0.6) is 0 Å². The monoisotopic (exact) mass is 936 g/mol. The molecule has 0 aliphatic rings. The largest absolute Gasteiger partial charge is 0.310 e. The molecule has 0 atom stereocenters. The van der Waals surface area contributed by atoms with E-state index in [2.05, 4.69) is 293 Å². The zero-order valence-electron chi connectivity index (χ0n) is 42.1. The first-order chi connectivity index (χ1) is 35.7. The van der Waals surface area contributed by atoms with E-state index < -0.39 is 0 Å². The van der Waals surface area contributed by atoms with Crippen molar-refractivity contribution in [1.29, 1.82) is 0 Å². The Bertz CT molecular complexity index is 3970. The van der Waals surface area contributed by atoms with Crippen LogP contribution in [0.15, 0.2) is 249 Å². The fourth-order valence-corrected chi connectivity index (χ4v) is 11.0. The van der Waals surface area contributed by atoms with E-state index in [0.29, 0.717) is 0 Å². The highest BCUT2D eigenvalue weighted by Gasteiger charge is 2.24. The number of fused-ring (bicyclic) bond motifs is 5. The van der Waals surface area contributed by atoms with Crippen molar-refractivity contribution in [2.45, 2.75) is 34.6 Å². The van der Waals surface area contributed by atoms with Gasteiger partial charge in [-0.2, -0.15) is 0 Å². The Hall–Kier alpha value is -8.98. The fraction of sp³-hybridized carbons (Fsp3) is 0.0704. The molecule has 0 unspecified atom stereocenters. The summed E-state index contributed by atoms with van der Waals surface area (Å²) in [6.07, 6.45) is 0. The van der Waals surface area contributed by atoms with Crippen LogP contribution in [0.3, 0.4) is 0 Å². The summed E-state index contributed by atoms with van der Waals surface area (Å²) in [6, 6.07) is 91.8. The minimum absolute atomic E-state index is 1.11. The Morgan fingerprint density at radius 3 is 0.918 bits per heavy atom. The first-order valence-electron chi connectivity index (χ1n) is 25.4. The molecule has 0 bridgehead atoms. The second kappa shape index (κ2) is 19.0. The molecule has 350 valence electrons. The third-order valence-electron chi connectivity index (χ3n) is 14.7. The number of hydrogen-bond donors (Lipinski definition) is 0. The highest BCUT2D eigenvalue weighted by Crippen LogP contribution is 2.49. The summed E-state index contributed by atoms with van der Waals surface area (Å²) < 4.78 is 0. The van der Waals surface area contributed by atoms with Gasteiger partial charge in [-0.05, 0) is 160 Å². The number of anilines is 6. The topological polar surface area (TPSA) is 6.48 Å². The van der Waals surface area contributed by atoms with E-state index in [1.165, 1.54) is 105 Å². The molecule has 0 fully saturated rings. The minimum Gasteiger partial charge on any atom is -0.310 e. The molecule has 0 saturated heterocycles. The van der Waals surface area contributed by atoms with Crippen molar-refractivity contribution < 1.29 is 0 Å². The van der Waals surface area contributed by atoms with Crippen molar-refractivity contribution in [2.24, 2.45) is 0 Å². The van der Waals surface area contributed by atoms with Gasteiger partial charge in [-0.15, -0.1) is 0 Å². The standard InChI is InChI=1S/C71H56N2/c1-47-21-40-68(50(4)42-47)72(60-35-31-58(32-36-60)56-27-23-54(24-28-56)52-14-8-6-9-15-52)70-46-67-65-44-49(3)20-39-64(65)71(45-66(67)62-18-12-13-19-63(62)70)73(69-41-22-48(2)43-51(69)5)61-37-33-59(34-38-61)57-29-25-55(26-30-57)53-16-10-7-11-17-53/h6-46H,1-5H3. The van der Waals surface area contributed by atoms with Crippen LogP contribution < -0.4 is 9.80 Å². The summed E-state index contributed by atoms with van der Waals surface area (Å²) in [5.74, 6) is 0. The van der Waals surface area contributed by atoms with Crippen LogP contribution in [0.4, 0.5) is 34.1 Å². The Labute approximate surface area is 429 Å². The highest BCUT2D eigenvalue weighted by molar-refractivity contribution is 6.24. The molecular weight excluding hydrogens is 881 g/mol. The van der Waals surface area contributed by atoms with Crippen molar-refractivity contribution in [1.82, 2.24) is 0 Å². The summed E-state index contributed by atoms with van der Waals surface area (Å²) >= 11 is 0. The Morgan fingerprint density at radius 2 is 0.507 bits per heavy atom. The molecule has 12 aromatic carbocycles. The van der Waals surface area contributed by atoms with Gasteiger partial charge in [-0.3, -0.25) is 0 Å². The molecule has 0 aliphatic carbocycles. The molecular formula is C71H56N2. The summed E-state index contributed by atoms with van der Waals surface area (Å²) in [7, 11) is 0. The van der Waals surface area contributed by atoms with Crippen LogP contribution in [-0.4, -0.2) is 0 Å². The van der Waals surface area contributed by atoms with E-state index in [-0.39, 0.29) is 0 Å². The van der Waals surface area contributed by atoms with Crippen LogP contribution >= 0.6 is 0 Å². The fourth-order valence-electron chi connectivity index (χ4n) is 11.0. The van der Waals surface area contributed by atoms with Crippen molar-refractivity contribution >= 4 is 66.4 Å². The quantitative estimate of drug-likeness (QED) is 0.126. The second-order valence-corrected chi connectivity index (χ2v) is 19.7. The highest BCUT2D eigenvalue weighted by atomic mass is 15.2. The molecule has 12 rings (SSSR count). The number of benzene rings is 12. The lowest BCUT2D eigenvalue weighted by Crippen LogP contribution is -2.13. The van der Waals surface area contributed by atoms with E-state index >= 15 is 0 Å². The maximum Gasteiger partial charge on any atom is 0.0546 e. The first-order valence-corrected chi connectivity index (χ1v) is 25.4. The smallest absolute Gasteiger partial charge is 0.0546 e. The SMILES string of the molecule is Cc1ccc(N(c2ccc(-c3ccc(-c4ccccc4)cc3)cc2)c2cc3c4cc(C)ccc4c(N(c4ccc(-c5ccc(-c6ccccc6)cc5)cc4)c4ccc(C)cc4C)cc3c3ccccc23)c(C)c1. The van der Waals surface area contributed by atoms with E-state index in [4.69, 9.17) is 0 Å². The zero-order chi connectivity index (χ0) is 49.6.